The van der Waals surface area contributed by atoms with Crippen LogP contribution in [0.4, 0.5) is 5.82 Å². The zero-order valence-corrected chi connectivity index (χ0v) is 12.4. The summed E-state index contributed by atoms with van der Waals surface area (Å²) in [5, 5.41) is 2.32. The minimum atomic E-state index is -3.40. The lowest BCUT2D eigenvalue weighted by Crippen LogP contribution is -2.33. The van der Waals surface area contributed by atoms with E-state index < -0.39 is 15.3 Å². The topological polar surface area (TPSA) is 71.1 Å². The van der Waals surface area contributed by atoms with E-state index in [1.165, 1.54) is 0 Å². The number of nitrogens with zero attached hydrogens (tertiary/aromatic N) is 1. The van der Waals surface area contributed by atoms with E-state index in [0.717, 1.165) is 10.0 Å². The maximum atomic E-state index is 11.9. The van der Waals surface area contributed by atoms with Crippen LogP contribution in [0.3, 0.4) is 0 Å². The van der Waals surface area contributed by atoms with Gasteiger partial charge in [-0.1, -0.05) is 0 Å². The van der Waals surface area contributed by atoms with Gasteiger partial charge >= 0.3 is 0 Å². The molecular formula is C10H16BrN3O2S. The molecule has 0 fully saturated rings. The lowest BCUT2D eigenvalue weighted by Gasteiger charge is -2.14. The molecule has 0 radical (unpaired) electrons. The van der Waals surface area contributed by atoms with Gasteiger partial charge in [0.25, 0.3) is 0 Å². The van der Waals surface area contributed by atoms with Crippen LogP contribution in [0.25, 0.3) is 0 Å². The van der Waals surface area contributed by atoms with E-state index in [9.17, 15) is 8.42 Å². The lowest BCUT2D eigenvalue weighted by molar-refractivity contribution is 0.583. The second kappa shape index (κ2) is 5.79. The Morgan fingerprint density at radius 1 is 1.53 bits per heavy atom. The summed E-state index contributed by atoms with van der Waals surface area (Å²) < 4.78 is 27.1. The van der Waals surface area contributed by atoms with Gasteiger partial charge in [0.15, 0.2) is 0 Å². The van der Waals surface area contributed by atoms with Gasteiger partial charge in [-0.25, -0.2) is 13.4 Å². The number of anilines is 1. The van der Waals surface area contributed by atoms with Crippen molar-refractivity contribution in [1.82, 2.24) is 10.3 Å². The summed E-state index contributed by atoms with van der Waals surface area (Å²) in [6.07, 6.45) is 1.58. The van der Waals surface area contributed by atoms with Gasteiger partial charge in [-0.15, -0.1) is 0 Å². The summed E-state index contributed by atoms with van der Waals surface area (Å²) >= 11 is 3.31. The Balaban J connectivity index is 2.86. The number of aryl methyl sites for hydroxylation is 1. The van der Waals surface area contributed by atoms with E-state index in [-0.39, 0.29) is 0 Å². The molecular weight excluding hydrogens is 306 g/mol. The van der Waals surface area contributed by atoms with Crippen LogP contribution < -0.4 is 10.0 Å². The number of sulfonamides is 1. The Labute approximate surface area is 110 Å². The average Bonchev–Trinajstić information content (AvgIpc) is 2.23. The Kier molecular flexibility index (Phi) is 4.91. The van der Waals surface area contributed by atoms with E-state index in [0.29, 0.717) is 12.4 Å². The van der Waals surface area contributed by atoms with Crippen LogP contribution in [0.2, 0.25) is 0 Å². The molecule has 1 unspecified atom stereocenters. The highest BCUT2D eigenvalue weighted by Crippen LogP contribution is 2.18. The molecule has 1 atom stereocenters. The summed E-state index contributed by atoms with van der Waals surface area (Å²) in [5.41, 5.74) is 0.930. The molecule has 0 aliphatic heterocycles. The summed E-state index contributed by atoms with van der Waals surface area (Å²) in [5.74, 6) is 0.341. The number of hydrogen-bond acceptors (Lipinski definition) is 4. The van der Waals surface area contributed by atoms with Gasteiger partial charge < -0.3 is 5.32 Å². The zero-order chi connectivity index (χ0) is 13.1. The third-order valence-electron chi connectivity index (χ3n) is 2.32. The van der Waals surface area contributed by atoms with Crippen molar-refractivity contribution in [2.45, 2.75) is 19.1 Å². The summed E-state index contributed by atoms with van der Waals surface area (Å²) in [6, 6.07) is 1.69. The first-order valence-corrected chi connectivity index (χ1v) is 7.49. The molecule has 7 heteroatoms. The number of nitrogens with one attached hydrogen (secondary N) is 2. The molecule has 1 rings (SSSR count). The Morgan fingerprint density at radius 2 is 2.18 bits per heavy atom. The lowest BCUT2D eigenvalue weighted by atomic mass is 10.3. The minimum absolute atomic E-state index is 0.341. The monoisotopic (exact) mass is 321 g/mol. The van der Waals surface area contributed by atoms with Gasteiger partial charge in [-0.05, 0) is 48.5 Å². The first-order valence-electron chi connectivity index (χ1n) is 5.15. The van der Waals surface area contributed by atoms with Crippen molar-refractivity contribution in [2.24, 2.45) is 0 Å². The van der Waals surface area contributed by atoms with Crippen LogP contribution in [0.15, 0.2) is 16.7 Å². The van der Waals surface area contributed by atoms with Crippen LogP contribution in [0.5, 0.6) is 0 Å². The van der Waals surface area contributed by atoms with Crippen LogP contribution in [0.1, 0.15) is 12.5 Å². The van der Waals surface area contributed by atoms with Crippen LogP contribution in [-0.2, 0) is 10.0 Å². The van der Waals surface area contributed by atoms with Crippen molar-refractivity contribution in [1.29, 1.82) is 0 Å². The molecule has 1 heterocycles. The molecule has 0 spiro atoms. The molecule has 5 nitrogen and oxygen atoms in total. The predicted octanol–water partition coefficient (Wildman–Crippen LogP) is 1.50. The molecule has 96 valence electrons. The van der Waals surface area contributed by atoms with Crippen molar-refractivity contribution < 1.29 is 8.42 Å². The van der Waals surface area contributed by atoms with Crippen molar-refractivity contribution >= 4 is 31.8 Å². The number of halogens is 1. The normalized spacial score (nSPS) is 13.4. The van der Waals surface area contributed by atoms with E-state index in [2.05, 4.69) is 31.0 Å². The highest BCUT2D eigenvalue weighted by atomic mass is 79.9. The number of hydrogen-bond donors (Lipinski definition) is 2. The number of aromatic nitrogens is 1. The first kappa shape index (κ1) is 14.4. The van der Waals surface area contributed by atoms with Gasteiger partial charge in [-0.2, -0.15) is 0 Å². The second-order valence-electron chi connectivity index (χ2n) is 3.83. The molecule has 1 aromatic heterocycles. The van der Waals surface area contributed by atoms with Crippen LogP contribution >= 0.6 is 15.9 Å². The van der Waals surface area contributed by atoms with Crippen molar-refractivity contribution in [3.05, 3.63) is 22.3 Å². The zero-order valence-electron chi connectivity index (χ0n) is 9.99. The highest BCUT2D eigenvalue weighted by Gasteiger charge is 2.20. The smallest absolute Gasteiger partial charge is 0.237 e. The van der Waals surface area contributed by atoms with Gasteiger partial charge in [-0.3, -0.25) is 4.72 Å². The second-order valence-corrected chi connectivity index (χ2v) is 6.79. The van der Waals surface area contributed by atoms with Crippen molar-refractivity contribution in [2.75, 3.05) is 18.3 Å². The fourth-order valence-corrected chi connectivity index (χ4v) is 2.45. The summed E-state index contributed by atoms with van der Waals surface area (Å²) in [4.78, 5) is 4.01. The van der Waals surface area contributed by atoms with Crippen molar-refractivity contribution in [3.63, 3.8) is 0 Å². The fraction of sp³-hybridized carbons (Fsp3) is 0.500. The molecule has 17 heavy (non-hydrogen) atoms. The number of pyridine rings is 1. The third kappa shape index (κ3) is 3.93. The molecule has 0 aliphatic rings. The molecule has 0 aliphatic carbocycles. The maximum Gasteiger partial charge on any atom is 0.237 e. The largest absolute Gasteiger partial charge is 0.318 e. The minimum Gasteiger partial charge on any atom is -0.318 e. The molecule has 0 amide bonds. The van der Waals surface area contributed by atoms with Crippen LogP contribution in [0, 0.1) is 6.92 Å². The van der Waals surface area contributed by atoms with Gasteiger partial charge in [0, 0.05) is 17.2 Å². The van der Waals surface area contributed by atoms with E-state index in [1.54, 1.807) is 26.2 Å². The summed E-state index contributed by atoms with van der Waals surface area (Å²) in [7, 11) is -1.68. The quantitative estimate of drug-likeness (QED) is 0.862. The van der Waals surface area contributed by atoms with Gasteiger partial charge in [0.05, 0.1) is 5.25 Å². The Hall–Kier alpha value is -0.660. The SMILES string of the molecule is CNCC(C)S(=O)(=O)Nc1cc(C)c(Br)cn1. The highest BCUT2D eigenvalue weighted by molar-refractivity contribution is 9.10. The molecule has 0 saturated heterocycles. The third-order valence-corrected chi connectivity index (χ3v) is 4.86. The first-order chi connectivity index (χ1) is 7.86. The molecule has 2 N–H and O–H groups in total. The molecule has 0 saturated carbocycles. The molecule has 0 bridgehead atoms. The van der Waals surface area contributed by atoms with Crippen molar-refractivity contribution in [3.8, 4) is 0 Å². The van der Waals surface area contributed by atoms with E-state index in [1.807, 2.05) is 6.92 Å². The van der Waals surface area contributed by atoms with E-state index >= 15 is 0 Å². The summed E-state index contributed by atoms with van der Waals surface area (Å²) in [6.45, 7) is 3.91. The van der Waals surface area contributed by atoms with Gasteiger partial charge in [0.2, 0.25) is 10.0 Å². The van der Waals surface area contributed by atoms with Gasteiger partial charge in [0.1, 0.15) is 5.82 Å². The standard InChI is InChI=1S/C10H16BrN3O2S/c1-7-4-10(13-6-9(7)11)14-17(15,16)8(2)5-12-3/h4,6,8,12H,5H2,1-3H3,(H,13,14). The predicted molar refractivity (Wildman–Crippen MR) is 72.6 cm³/mol. The molecule has 1 aromatic rings. The Bertz CT molecular complexity index is 490. The fourth-order valence-electron chi connectivity index (χ4n) is 1.24. The van der Waals surface area contributed by atoms with Crippen LogP contribution in [-0.4, -0.2) is 32.2 Å². The Morgan fingerprint density at radius 3 is 2.71 bits per heavy atom. The maximum absolute atomic E-state index is 11.9. The van der Waals surface area contributed by atoms with E-state index in [4.69, 9.17) is 0 Å². The average molecular weight is 322 g/mol. The molecule has 0 aromatic carbocycles. The number of rotatable bonds is 5.